The van der Waals surface area contributed by atoms with Crippen molar-refractivity contribution in [3.63, 3.8) is 0 Å². The molecule has 0 saturated heterocycles. The Morgan fingerprint density at radius 2 is 1.86 bits per heavy atom. The molecule has 2 aliphatic rings. The predicted molar refractivity (Wildman–Crippen MR) is 87.8 cm³/mol. The van der Waals surface area contributed by atoms with Gasteiger partial charge < -0.3 is 5.32 Å². The van der Waals surface area contributed by atoms with E-state index in [0.717, 1.165) is 19.5 Å². The maximum absolute atomic E-state index is 5.10. The van der Waals surface area contributed by atoms with Crippen LogP contribution in [0.2, 0.25) is 0 Å². The van der Waals surface area contributed by atoms with Crippen LogP contribution in [0.4, 0.5) is 0 Å². The van der Waals surface area contributed by atoms with Crippen LogP contribution in [-0.4, -0.2) is 11.5 Å². The molecule has 3 heteroatoms. The van der Waals surface area contributed by atoms with Gasteiger partial charge in [-0.1, -0.05) is 49.6 Å². The molecule has 2 heterocycles. The Labute approximate surface area is 130 Å². The zero-order valence-corrected chi connectivity index (χ0v) is 13.2. The van der Waals surface area contributed by atoms with Gasteiger partial charge in [0.05, 0.1) is 5.69 Å². The second-order valence-electron chi connectivity index (χ2n) is 6.32. The Hall–Kier alpha value is -1.19. The first kappa shape index (κ1) is 13.5. The normalized spacial score (nSPS) is 21.0. The molecule has 2 aromatic rings. The summed E-state index contributed by atoms with van der Waals surface area (Å²) in [5.74, 6) is 0. The van der Waals surface area contributed by atoms with Crippen molar-refractivity contribution in [1.82, 2.24) is 10.3 Å². The molecule has 1 N–H and O–H groups in total. The van der Waals surface area contributed by atoms with Crippen LogP contribution >= 0.6 is 11.3 Å². The first-order chi connectivity index (χ1) is 10.4. The molecule has 1 fully saturated rings. The third kappa shape index (κ3) is 2.33. The lowest BCUT2D eigenvalue weighted by atomic mass is 9.70. The molecule has 0 unspecified atom stereocenters. The van der Waals surface area contributed by atoms with Gasteiger partial charge in [-0.2, -0.15) is 0 Å². The van der Waals surface area contributed by atoms with Crippen LogP contribution in [0.5, 0.6) is 0 Å². The molecule has 110 valence electrons. The number of nitrogens with one attached hydrogen (secondary N) is 1. The maximum Gasteiger partial charge on any atom is 0.104 e. The van der Waals surface area contributed by atoms with Crippen molar-refractivity contribution in [2.45, 2.75) is 50.5 Å². The van der Waals surface area contributed by atoms with Crippen molar-refractivity contribution in [2.75, 3.05) is 6.54 Å². The van der Waals surface area contributed by atoms with E-state index in [1.165, 1.54) is 53.2 Å². The summed E-state index contributed by atoms with van der Waals surface area (Å²) in [7, 11) is 0. The van der Waals surface area contributed by atoms with Crippen LogP contribution in [-0.2, 0) is 18.4 Å². The Morgan fingerprint density at radius 1 is 1.05 bits per heavy atom. The van der Waals surface area contributed by atoms with E-state index < -0.39 is 0 Å². The number of fused-ring (bicyclic) bond motifs is 1. The Kier molecular flexibility index (Phi) is 3.56. The van der Waals surface area contributed by atoms with Crippen LogP contribution in [0.1, 0.15) is 53.2 Å². The molecule has 1 aromatic carbocycles. The van der Waals surface area contributed by atoms with Gasteiger partial charge in [-0.15, -0.1) is 11.3 Å². The van der Waals surface area contributed by atoms with Crippen molar-refractivity contribution < 1.29 is 0 Å². The Bertz CT molecular complexity index is 588. The average molecular weight is 298 g/mol. The summed E-state index contributed by atoms with van der Waals surface area (Å²) in [5.41, 5.74) is 3.01. The lowest BCUT2D eigenvalue weighted by molar-refractivity contribution is 0.344. The fourth-order valence-electron chi connectivity index (χ4n) is 3.87. The molecule has 4 rings (SSSR count). The molecular weight excluding hydrogens is 276 g/mol. The van der Waals surface area contributed by atoms with Gasteiger partial charge in [0.25, 0.3) is 0 Å². The first-order valence-electron chi connectivity index (χ1n) is 8.14. The molecule has 2 nitrogen and oxygen atoms in total. The minimum absolute atomic E-state index is 0.182. The monoisotopic (exact) mass is 298 g/mol. The Morgan fingerprint density at radius 3 is 2.62 bits per heavy atom. The van der Waals surface area contributed by atoms with Crippen LogP contribution in [0.25, 0.3) is 0 Å². The number of aromatic nitrogens is 1. The largest absolute Gasteiger partial charge is 0.311 e. The number of nitrogens with zero attached hydrogens (tertiary/aromatic N) is 1. The van der Waals surface area contributed by atoms with Gasteiger partial charge in [0.1, 0.15) is 5.01 Å². The van der Waals surface area contributed by atoms with E-state index in [2.05, 4.69) is 35.6 Å². The minimum atomic E-state index is 0.182. The summed E-state index contributed by atoms with van der Waals surface area (Å²) in [6, 6.07) is 11.1. The SMILES string of the molecule is c1ccc(C2(c3nc4c(s3)CNCC4)CCCCC2)cc1. The van der Waals surface area contributed by atoms with Gasteiger partial charge in [0, 0.05) is 29.8 Å². The highest BCUT2D eigenvalue weighted by molar-refractivity contribution is 7.12. The molecule has 0 spiro atoms. The van der Waals surface area contributed by atoms with Crippen molar-refractivity contribution in [3.8, 4) is 0 Å². The molecule has 1 aliphatic carbocycles. The van der Waals surface area contributed by atoms with E-state index in [0.29, 0.717) is 0 Å². The molecule has 0 radical (unpaired) electrons. The molecule has 1 aliphatic heterocycles. The van der Waals surface area contributed by atoms with E-state index >= 15 is 0 Å². The molecule has 0 bridgehead atoms. The van der Waals surface area contributed by atoms with Gasteiger partial charge in [-0.05, 0) is 18.4 Å². The van der Waals surface area contributed by atoms with Gasteiger partial charge in [-0.25, -0.2) is 4.98 Å². The predicted octanol–water partition coefficient (Wildman–Crippen LogP) is 4.04. The first-order valence-corrected chi connectivity index (χ1v) is 8.95. The molecular formula is C18H22N2S. The molecule has 0 atom stereocenters. The van der Waals surface area contributed by atoms with Crippen LogP contribution < -0.4 is 5.32 Å². The van der Waals surface area contributed by atoms with Gasteiger partial charge in [0.15, 0.2) is 0 Å². The third-order valence-corrected chi connectivity index (χ3v) is 6.35. The summed E-state index contributed by atoms with van der Waals surface area (Å²) in [6.07, 6.45) is 7.65. The average Bonchev–Trinajstić information content (AvgIpc) is 3.01. The maximum atomic E-state index is 5.10. The lowest BCUT2D eigenvalue weighted by Crippen LogP contribution is -2.30. The number of hydrogen-bond acceptors (Lipinski definition) is 3. The summed E-state index contributed by atoms with van der Waals surface area (Å²) < 4.78 is 0. The fraction of sp³-hybridized carbons (Fsp3) is 0.500. The topological polar surface area (TPSA) is 24.9 Å². The minimum Gasteiger partial charge on any atom is -0.311 e. The van der Waals surface area contributed by atoms with Crippen molar-refractivity contribution in [1.29, 1.82) is 0 Å². The fourth-order valence-corrected chi connectivity index (χ4v) is 5.22. The highest BCUT2D eigenvalue weighted by atomic mass is 32.1. The van der Waals surface area contributed by atoms with Gasteiger partial charge >= 0.3 is 0 Å². The summed E-state index contributed by atoms with van der Waals surface area (Å²) in [5, 5.41) is 4.86. The lowest BCUT2D eigenvalue weighted by Gasteiger charge is -2.36. The molecule has 21 heavy (non-hydrogen) atoms. The summed E-state index contributed by atoms with van der Waals surface area (Å²) >= 11 is 1.96. The number of rotatable bonds is 2. The Balaban J connectivity index is 1.81. The smallest absolute Gasteiger partial charge is 0.104 e. The van der Waals surface area contributed by atoms with Crippen LogP contribution in [0, 0.1) is 0 Å². The van der Waals surface area contributed by atoms with Crippen LogP contribution in [0.15, 0.2) is 30.3 Å². The summed E-state index contributed by atoms with van der Waals surface area (Å²) in [4.78, 5) is 6.57. The van der Waals surface area contributed by atoms with Crippen molar-refractivity contribution in [2.24, 2.45) is 0 Å². The van der Waals surface area contributed by atoms with E-state index in [-0.39, 0.29) is 5.41 Å². The number of benzene rings is 1. The van der Waals surface area contributed by atoms with Crippen molar-refractivity contribution in [3.05, 3.63) is 51.5 Å². The van der Waals surface area contributed by atoms with E-state index in [4.69, 9.17) is 4.98 Å². The summed E-state index contributed by atoms with van der Waals surface area (Å²) in [6.45, 7) is 2.09. The number of thiazole rings is 1. The quantitative estimate of drug-likeness (QED) is 0.905. The highest BCUT2D eigenvalue weighted by Crippen LogP contribution is 2.46. The van der Waals surface area contributed by atoms with Gasteiger partial charge in [0.2, 0.25) is 0 Å². The third-order valence-electron chi connectivity index (χ3n) is 5.05. The van der Waals surface area contributed by atoms with E-state index in [1.54, 1.807) is 0 Å². The standard InChI is InChI=1S/C18H22N2S/c1-3-7-14(8-4-1)18(10-5-2-6-11-18)17-20-15-9-12-19-13-16(15)21-17/h1,3-4,7-8,19H,2,5-6,9-13H2. The zero-order chi connectivity index (χ0) is 14.1. The number of hydrogen-bond donors (Lipinski definition) is 1. The van der Waals surface area contributed by atoms with Crippen molar-refractivity contribution >= 4 is 11.3 Å². The van der Waals surface area contributed by atoms with E-state index in [1.807, 2.05) is 11.3 Å². The van der Waals surface area contributed by atoms with E-state index in [9.17, 15) is 0 Å². The second-order valence-corrected chi connectivity index (χ2v) is 7.41. The highest BCUT2D eigenvalue weighted by Gasteiger charge is 2.39. The van der Waals surface area contributed by atoms with Gasteiger partial charge in [-0.3, -0.25) is 0 Å². The molecule has 1 saturated carbocycles. The molecule has 0 amide bonds. The second kappa shape index (κ2) is 5.54. The zero-order valence-electron chi connectivity index (χ0n) is 12.4. The molecule has 1 aromatic heterocycles. The van der Waals surface area contributed by atoms with Crippen LogP contribution in [0.3, 0.4) is 0 Å².